The van der Waals surface area contributed by atoms with Crippen molar-refractivity contribution in [3.63, 3.8) is 0 Å². The first-order valence-corrected chi connectivity index (χ1v) is 8.07. The van der Waals surface area contributed by atoms with E-state index in [4.69, 9.17) is 5.11 Å². The molecule has 0 aromatic rings. The molecule has 2 aliphatic carbocycles. The highest BCUT2D eigenvalue weighted by Gasteiger charge is 2.41. The first-order chi connectivity index (χ1) is 9.54. The van der Waals surface area contributed by atoms with Gasteiger partial charge >= 0.3 is 5.97 Å². The van der Waals surface area contributed by atoms with E-state index in [9.17, 15) is 9.59 Å². The van der Waals surface area contributed by atoms with Gasteiger partial charge in [0.2, 0.25) is 5.91 Å². The van der Waals surface area contributed by atoms with Crippen molar-refractivity contribution in [2.45, 2.75) is 57.9 Å². The Kier molecular flexibility index (Phi) is 3.74. The molecule has 0 aromatic heterocycles. The molecule has 1 amide bonds. The van der Waals surface area contributed by atoms with Crippen molar-refractivity contribution in [2.75, 3.05) is 6.54 Å². The van der Waals surface area contributed by atoms with Crippen molar-refractivity contribution in [3.8, 4) is 0 Å². The number of aliphatic carboxylic acids is 1. The predicted octanol–water partition coefficient (Wildman–Crippen LogP) is 2.52. The molecule has 1 heterocycles. The van der Waals surface area contributed by atoms with E-state index in [-0.39, 0.29) is 17.9 Å². The smallest absolute Gasteiger partial charge is 0.306 e. The van der Waals surface area contributed by atoms with Gasteiger partial charge in [-0.2, -0.15) is 0 Å². The van der Waals surface area contributed by atoms with Crippen molar-refractivity contribution in [3.05, 3.63) is 0 Å². The van der Waals surface area contributed by atoms with Crippen molar-refractivity contribution in [2.24, 2.45) is 23.7 Å². The molecule has 3 fully saturated rings. The third-order valence-corrected chi connectivity index (χ3v) is 5.87. The van der Waals surface area contributed by atoms with Crippen molar-refractivity contribution in [1.29, 1.82) is 0 Å². The second kappa shape index (κ2) is 5.38. The SMILES string of the molecule is CC1CC(C(=O)O)CCN1C(=O)CC1CC2CCC1C2. The molecule has 1 saturated heterocycles. The molecule has 2 saturated carbocycles. The zero-order valence-electron chi connectivity index (χ0n) is 12.3. The van der Waals surface area contributed by atoms with E-state index in [1.165, 1.54) is 25.7 Å². The molecule has 2 bridgehead atoms. The highest BCUT2D eigenvalue weighted by molar-refractivity contribution is 5.77. The lowest BCUT2D eigenvalue weighted by Gasteiger charge is -2.37. The van der Waals surface area contributed by atoms with Crippen LogP contribution >= 0.6 is 0 Å². The number of carbonyl (C=O) groups excluding carboxylic acids is 1. The predicted molar refractivity (Wildman–Crippen MR) is 75.1 cm³/mol. The number of rotatable bonds is 3. The molecule has 5 unspecified atom stereocenters. The average Bonchev–Trinajstić information content (AvgIpc) is 3.00. The van der Waals surface area contributed by atoms with Gasteiger partial charge in [-0.15, -0.1) is 0 Å². The maximum absolute atomic E-state index is 12.5. The molecular weight excluding hydrogens is 254 g/mol. The summed E-state index contributed by atoms with van der Waals surface area (Å²) in [6, 6.07) is 0.0796. The Bertz CT molecular complexity index is 409. The Hall–Kier alpha value is -1.06. The van der Waals surface area contributed by atoms with Gasteiger partial charge in [-0.25, -0.2) is 0 Å². The molecule has 0 spiro atoms. The van der Waals surface area contributed by atoms with Gasteiger partial charge in [0.05, 0.1) is 5.92 Å². The van der Waals surface area contributed by atoms with Gasteiger partial charge in [0, 0.05) is 19.0 Å². The van der Waals surface area contributed by atoms with Gasteiger partial charge < -0.3 is 10.0 Å². The van der Waals surface area contributed by atoms with Crippen molar-refractivity contribution >= 4 is 11.9 Å². The topological polar surface area (TPSA) is 57.6 Å². The maximum Gasteiger partial charge on any atom is 0.306 e. The van der Waals surface area contributed by atoms with E-state index in [1.807, 2.05) is 11.8 Å². The number of hydrogen-bond donors (Lipinski definition) is 1. The van der Waals surface area contributed by atoms with Crippen LogP contribution in [0, 0.1) is 23.7 Å². The summed E-state index contributed by atoms with van der Waals surface area (Å²) in [4.78, 5) is 25.5. The van der Waals surface area contributed by atoms with Crippen LogP contribution in [0.2, 0.25) is 0 Å². The second-order valence-electron chi connectivity index (χ2n) is 7.13. The minimum absolute atomic E-state index is 0.0796. The summed E-state index contributed by atoms with van der Waals surface area (Å²) in [5.74, 6) is 1.56. The summed E-state index contributed by atoms with van der Waals surface area (Å²) in [5.41, 5.74) is 0. The Morgan fingerprint density at radius 3 is 2.50 bits per heavy atom. The van der Waals surface area contributed by atoms with E-state index in [0.717, 1.165) is 11.8 Å². The van der Waals surface area contributed by atoms with Crippen LogP contribution in [0.3, 0.4) is 0 Å². The van der Waals surface area contributed by atoms with Gasteiger partial charge in [-0.3, -0.25) is 9.59 Å². The molecule has 0 aromatic carbocycles. The summed E-state index contributed by atoms with van der Waals surface area (Å²) in [6.07, 6.45) is 7.20. The van der Waals surface area contributed by atoms with Crippen molar-refractivity contribution in [1.82, 2.24) is 4.90 Å². The van der Waals surface area contributed by atoms with Gasteiger partial charge in [0.25, 0.3) is 0 Å². The summed E-state index contributed by atoms with van der Waals surface area (Å²) < 4.78 is 0. The minimum Gasteiger partial charge on any atom is -0.481 e. The van der Waals surface area contributed by atoms with Crippen LogP contribution in [0.25, 0.3) is 0 Å². The molecule has 4 nitrogen and oxygen atoms in total. The summed E-state index contributed by atoms with van der Waals surface area (Å²) in [7, 11) is 0. The molecule has 4 heteroatoms. The summed E-state index contributed by atoms with van der Waals surface area (Å²) in [5, 5.41) is 9.08. The van der Waals surface area contributed by atoms with E-state index >= 15 is 0 Å². The number of piperidine rings is 1. The molecule has 112 valence electrons. The summed E-state index contributed by atoms with van der Waals surface area (Å²) >= 11 is 0. The van der Waals surface area contributed by atoms with Crippen LogP contribution in [0.4, 0.5) is 0 Å². The zero-order chi connectivity index (χ0) is 14.3. The van der Waals surface area contributed by atoms with Crippen LogP contribution in [-0.2, 0) is 9.59 Å². The largest absolute Gasteiger partial charge is 0.481 e. The lowest BCUT2D eigenvalue weighted by molar-refractivity contribution is -0.147. The fourth-order valence-corrected chi connectivity index (χ4v) is 4.73. The molecule has 20 heavy (non-hydrogen) atoms. The second-order valence-corrected chi connectivity index (χ2v) is 7.13. The zero-order valence-corrected chi connectivity index (χ0v) is 12.3. The van der Waals surface area contributed by atoms with E-state index in [1.54, 1.807) is 0 Å². The minimum atomic E-state index is -0.711. The molecule has 1 N–H and O–H groups in total. The maximum atomic E-state index is 12.5. The highest BCUT2D eigenvalue weighted by atomic mass is 16.4. The number of carbonyl (C=O) groups is 2. The van der Waals surface area contributed by atoms with E-state index < -0.39 is 5.97 Å². The van der Waals surface area contributed by atoms with Gasteiger partial charge in [-0.1, -0.05) is 6.42 Å². The number of fused-ring (bicyclic) bond motifs is 2. The first kappa shape index (κ1) is 13.9. The van der Waals surface area contributed by atoms with Gasteiger partial charge in [0.15, 0.2) is 0 Å². The van der Waals surface area contributed by atoms with Crippen LogP contribution in [-0.4, -0.2) is 34.5 Å². The van der Waals surface area contributed by atoms with Crippen LogP contribution < -0.4 is 0 Å². The molecule has 3 rings (SSSR count). The first-order valence-electron chi connectivity index (χ1n) is 8.07. The Balaban J connectivity index is 1.54. The monoisotopic (exact) mass is 279 g/mol. The Morgan fingerprint density at radius 1 is 1.15 bits per heavy atom. The third-order valence-electron chi connectivity index (χ3n) is 5.87. The molecule has 1 aliphatic heterocycles. The van der Waals surface area contributed by atoms with Gasteiger partial charge in [-0.05, 0) is 56.8 Å². The van der Waals surface area contributed by atoms with Crippen LogP contribution in [0.5, 0.6) is 0 Å². The molecule has 5 atom stereocenters. The fraction of sp³-hybridized carbons (Fsp3) is 0.875. The number of amides is 1. The Morgan fingerprint density at radius 2 is 1.95 bits per heavy atom. The van der Waals surface area contributed by atoms with Crippen molar-refractivity contribution < 1.29 is 14.7 Å². The molecule has 0 radical (unpaired) electrons. The van der Waals surface area contributed by atoms with E-state index in [0.29, 0.717) is 31.7 Å². The highest BCUT2D eigenvalue weighted by Crippen LogP contribution is 2.49. The number of nitrogens with zero attached hydrogens (tertiary/aromatic N) is 1. The lowest BCUT2D eigenvalue weighted by atomic mass is 9.85. The third kappa shape index (κ3) is 2.57. The molecule has 3 aliphatic rings. The van der Waals surface area contributed by atoms with Crippen LogP contribution in [0.1, 0.15) is 51.9 Å². The van der Waals surface area contributed by atoms with E-state index in [2.05, 4.69) is 0 Å². The lowest BCUT2D eigenvalue weighted by Crippen LogP contribution is -2.46. The standard InChI is InChI=1S/C16H25NO3/c1-10-6-13(16(19)20)4-5-17(10)15(18)9-14-8-11-2-3-12(14)7-11/h10-14H,2-9H2,1H3,(H,19,20). The number of carboxylic acid groups (broad SMARTS) is 1. The normalized spacial score (nSPS) is 40.0. The summed E-state index contributed by atoms with van der Waals surface area (Å²) in [6.45, 7) is 2.62. The number of likely N-dealkylation sites (tertiary alicyclic amines) is 1. The number of carboxylic acids is 1. The average molecular weight is 279 g/mol. The van der Waals surface area contributed by atoms with Gasteiger partial charge in [0.1, 0.15) is 0 Å². The quantitative estimate of drug-likeness (QED) is 0.863. The molecular formula is C16H25NO3. The number of hydrogen-bond acceptors (Lipinski definition) is 2. The fourth-order valence-electron chi connectivity index (χ4n) is 4.73. The van der Waals surface area contributed by atoms with Crippen LogP contribution in [0.15, 0.2) is 0 Å². The Labute approximate surface area is 120 Å².